The van der Waals surface area contributed by atoms with Gasteiger partial charge in [0.05, 0.1) is 0 Å². The monoisotopic (exact) mass is 290 g/mol. The molecule has 0 saturated heterocycles. The van der Waals surface area contributed by atoms with E-state index in [2.05, 4.69) is 16.9 Å². The summed E-state index contributed by atoms with van der Waals surface area (Å²) in [7, 11) is 0. The van der Waals surface area contributed by atoms with Gasteiger partial charge in [-0.1, -0.05) is 20.3 Å². The van der Waals surface area contributed by atoms with E-state index < -0.39 is 18.0 Å². The molecule has 0 aromatic rings. The molecule has 0 spiro atoms. The second-order valence-electron chi connectivity index (χ2n) is 4.97. The molecule has 1 atom stereocenters. The van der Waals surface area contributed by atoms with Crippen LogP contribution in [0.4, 0.5) is 4.79 Å². The highest BCUT2D eigenvalue weighted by molar-refractivity contribution is 7.98. The Morgan fingerprint density at radius 1 is 1.21 bits per heavy atom. The minimum absolute atomic E-state index is 0.230. The zero-order valence-corrected chi connectivity index (χ0v) is 12.9. The Hall–Kier alpha value is -0.910. The Kier molecular flexibility index (Phi) is 10.4. The molecule has 0 saturated carbocycles. The molecule has 0 radical (unpaired) electrons. The van der Waals surface area contributed by atoms with Crippen LogP contribution in [0.15, 0.2) is 0 Å². The Bertz CT molecular complexity index is 273. The first-order chi connectivity index (χ1) is 8.97. The van der Waals surface area contributed by atoms with E-state index in [-0.39, 0.29) is 5.92 Å². The van der Waals surface area contributed by atoms with Crippen molar-refractivity contribution in [1.29, 1.82) is 0 Å². The number of unbranched alkanes of at least 4 members (excludes halogenated alkanes) is 2. The van der Waals surface area contributed by atoms with Crippen LogP contribution in [0, 0.1) is 5.92 Å². The minimum atomic E-state index is -0.983. The fourth-order valence-corrected chi connectivity index (χ4v) is 2.15. The maximum Gasteiger partial charge on any atom is 0.326 e. The Morgan fingerprint density at radius 3 is 2.42 bits per heavy atom. The molecule has 1 unspecified atom stereocenters. The molecule has 3 N–H and O–H groups in total. The normalized spacial score (nSPS) is 12.2. The van der Waals surface area contributed by atoms with E-state index in [4.69, 9.17) is 5.11 Å². The van der Waals surface area contributed by atoms with E-state index in [0.717, 1.165) is 25.0 Å². The number of carboxylic acid groups (broad SMARTS) is 1. The van der Waals surface area contributed by atoms with Gasteiger partial charge in [0.25, 0.3) is 0 Å². The van der Waals surface area contributed by atoms with Crippen molar-refractivity contribution in [3.63, 3.8) is 0 Å². The van der Waals surface area contributed by atoms with Crippen molar-refractivity contribution in [2.45, 2.75) is 45.6 Å². The number of aliphatic carboxylic acids is 1. The summed E-state index contributed by atoms with van der Waals surface area (Å²) in [4.78, 5) is 22.5. The minimum Gasteiger partial charge on any atom is -0.480 e. The number of amides is 2. The molecular formula is C13H26N2O3S. The number of urea groups is 1. The van der Waals surface area contributed by atoms with Crippen LogP contribution in [0.25, 0.3) is 0 Å². The quantitative estimate of drug-likeness (QED) is 0.540. The first-order valence-electron chi connectivity index (χ1n) is 6.73. The van der Waals surface area contributed by atoms with E-state index in [1.165, 1.54) is 0 Å². The second-order valence-corrected chi connectivity index (χ2v) is 5.96. The molecule has 112 valence electrons. The number of hydrogen-bond acceptors (Lipinski definition) is 3. The first-order valence-corrected chi connectivity index (χ1v) is 8.12. The summed E-state index contributed by atoms with van der Waals surface area (Å²) in [5.74, 6) is 0.388. The van der Waals surface area contributed by atoms with Crippen molar-refractivity contribution in [3.05, 3.63) is 0 Å². The predicted molar refractivity (Wildman–Crippen MR) is 79.6 cm³/mol. The zero-order chi connectivity index (χ0) is 14.7. The lowest BCUT2D eigenvalue weighted by Crippen LogP contribution is -2.46. The standard InChI is InChI=1S/C13H26N2O3S/c1-10(2)9-11(12(16)17)15-13(18)14-7-5-4-6-8-19-3/h10-11H,4-9H2,1-3H3,(H,16,17)(H2,14,15,18). The van der Waals surface area contributed by atoms with Gasteiger partial charge in [0, 0.05) is 6.54 Å². The molecule has 6 heteroatoms. The van der Waals surface area contributed by atoms with Crippen molar-refractivity contribution in [3.8, 4) is 0 Å². The molecule has 0 aliphatic carbocycles. The van der Waals surface area contributed by atoms with Gasteiger partial charge in [-0.05, 0) is 37.2 Å². The summed E-state index contributed by atoms with van der Waals surface area (Å²) in [5.41, 5.74) is 0. The zero-order valence-electron chi connectivity index (χ0n) is 12.1. The highest BCUT2D eigenvalue weighted by atomic mass is 32.2. The van der Waals surface area contributed by atoms with Gasteiger partial charge in [0.15, 0.2) is 0 Å². The molecule has 0 aromatic heterocycles. The van der Waals surface area contributed by atoms with Gasteiger partial charge in [-0.2, -0.15) is 11.8 Å². The lowest BCUT2D eigenvalue weighted by molar-refractivity contribution is -0.139. The summed E-state index contributed by atoms with van der Waals surface area (Å²) < 4.78 is 0. The first kappa shape index (κ1) is 18.1. The Balaban J connectivity index is 3.78. The SMILES string of the molecule is CSCCCCCNC(=O)NC(CC(C)C)C(=O)O. The Morgan fingerprint density at radius 2 is 1.89 bits per heavy atom. The van der Waals surface area contributed by atoms with Crippen LogP contribution in [-0.2, 0) is 4.79 Å². The third-order valence-electron chi connectivity index (χ3n) is 2.62. The number of thioether (sulfide) groups is 1. The van der Waals surface area contributed by atoms with Crippen LogP contribution >= 0.6 is 11.8 Å². The lowest BCUT2D eigenvalue weighted by atomic mass is 10.0. The highest BCUT2D eigenvalue weighted by Crippen LogP contribution is 2.05. The molecule has 0 aliphatic heterocycles. The molecule has 0 rings (SSSR count). The van der Waals surface area contributed by atoms with Gasteiger partial charge in [-0.3, -0.25) is 0 Å². The number of rotatable bonds is 10. The summed E-state index contributed by atoms with van der Waals surface area (Å²) in [6.45, 7) is 4.46. The summed E-state index contributed by atoms with van der Waals surface area (Å²) in [6, 6.07) is -1.20. The fourth-order valence-electron chi connectivity index (χ4n) is 1.65. The van der Waals surface area contributed by atoms with Crippen molar-refractivity contribution < 1.29 is 14.7 Å². The third-order valence-corrected chi connectivity index (χ3v) is 3.32. The van der Waals surface area contributed by atoms with Crippen LogP contribution in [0.5, 0.6) is 0 Å². The number of hydrogen-bond donors (Lipinski definition) is 3. The second kappa shape index (κ2) is 11.0. The molecule has 19 heavy (non-hydrogen) atoms. The van der Waals surface area contributed by atoms with Crippen molar-refractivity contribution in [2.75, 3.05) is 18.6 Å². The van der Waals surface area contributed by atoms with Gasteiger partial charge in [-0.15, -0.1) is 0 Å². The van der Waals surface area contributed by atoms with Crippen LogP contribution in [0.2, 0.25) is 0 Å². The summed E-state index contributed by atoms with van der Waals surface area (Å²) in [6.07, 6.45) is 5.67. The van der Waals surface area contributed by atoms with Crippen LogP contribution < -0.4 is 10.6 Å². The molecule has 5 nitrogen and oxygen atoms in total. The van der Waals surface area contributed by atoms with E-state index in [1.54, 1.807) is 0 Å². The van der Waals surface area contributed by atoms with E-state index >= 15 is 0 Å². The van der Waals surface area contributed by atoms with E-state index in [1.807, 2.05) is 25.6 Å². The third kappa shape index (κ3) is 10.7. The topological polar surface area (TPSA) is 78.4 Å². The average Bonchev–Trinajstić information content (AvgIpc) is 2.32. The molecule has 0 heterocycles. The van der Waals surface area contributed by atoms with Crippen LogP contribution in [-0.4, -0.2) is 41.7 Å². The van der Waals surface area contributed by atoms with Crippen molar-refractivity contribution in [1.82, 2.24) is 10.6 Å². The molecule has 0 bridgehead atoms. The van der Waals surface area contributed by atoms with Gasteiger partial charge in [-0.25, -0.2) is 9.59 Å². The maximum atomic E-state index is 11.5. The van der Waals surface area contributed by atoms with Crippen molar-refractivity contribution >= 4 is 23.8 Å². The molecular weight excluding hydrogens is 264 g/mol. The smallest absolute Gasteiger partial charge is 0.326 e. The lowest BCUT2D eigenvalue weighted by Gasteiger charge is -2.16. The fraction of sp³-hybridized carbons (Fsp3) is 0.846. The van der Waals surface area contributed by atoms with Gasteiger partial charge in [0.2, 0.25) is 0 Å². The van der Waals surface area contributed by atoms with Crippen molar-refractivity contribution in [2.24, 2.45) is 5.92 Å². The maximum absolute atomic E-state index is 11.5. The summed E-state index contributed by atoms with van der Waals surface area (Å²) >= 11 is 1.82. The molecule has 0 fully saturated rings. The summed E-state index contributed by atoms with van der Waals surface area (Å²) in [5, 5.41) is 14.2. The van der Waals surface area contributed by atoms with Gasteiger partial charge in [0.1, 0.15) is 6.04 Å². The largest absolute Gasteiger partial charge is 0.480 e. The van der Waals surface area contributed by atoms with Gasteiger partial charge < -0.3 is 15.7 Å². The molecule has 2 amide bonds. The molecule has 0 aliphatic rings. The molecule has 0 aromatic carbocycles. The van der Waals surface area contributed by atoms with Gasteiger partial charge >= 0.3 is 12.0 Å². The predicted octanol–water partition coefficient (Wildman–Crippen LogP) is 2.32. The van der Waals surface area contributed by atoms with E-state index in [9.17, 15) is 9.59 Å². The number of carboxylic acids is 1. The number of carbonyl (C=O) groups is 2. The van der Waals surface area contributed by atoms with E-state index in [0.29, 0.717) is 13.0 Å². The Labute approximate surface area is 119 Å². The highest BCUT2D eigenvalue weighted by Gasteiger charge is 2.20. The van der Waals surface area contributed by atoms with Crippen LogP contribution in [0.1, 0.15) is 39.5 Å². The van der Waals surface area contributed by atoms with Crippen LogP contribution in [0.3, 0.4) is 0 Å². The number of carbonyl (C=O) groups excluding carboxylic acids is 1. The average molecular weight is 290 g/mol. The number of nitrogens with one attached hydrogen (secondary N) is 2.